The number of rotatable bonds is 6. The summed E-state index contributed by atoms with van der Waals surface area (Å²) < 4.78 is 0. The van der Waals surface area contributed by atoms with Crippen LogP contribution in [0.25, 0.3) is 33.5 Å². The lowest BCUT2D eigenvalue weighted by molar-refractivity contribution is -0.111. The van der Waals surface area contributed by atoms with Crippen LogP contribution in [-0.4, -0.2) is 10.9 Å². The van der Waals surface area contributed by atoms with Crippen molar-refractivity contribution in [3.05, 3.63) is 131 Å². The van der Waals surface area contributed by atoms with E-state index in [2.05, 4.69) is 24.4 Å². The van der Waals surface area contributed by atoms with Gasteiger partial charge in [0.15, 0.2) is 0 Å². The maximum absolute atomic E-state index is 13.3. The zero-order valence-corrected chi connectivity index (χ0v) is 20.1. The van der Waals surface area contributed by atoms with Crippen molar-refractivity contribution < 1.29 is 4.79 Å². The van der Waals surface area contributed by atoms with Crippen LogP contribution in [0.5, 0.6) is 0 Å². The minimum atomic E-state index is -0.149. The number of benzene rings is 4. The van der Waals surface area contributed by atoms with E-state index in [-0.39, 0.29) is 5.91 Å². The van der Waals surface area contributed by atoms with Gasteiger partial charge in [-0.1, -0.05) is 103 Å². The first-order chi connectivity index (χ1) is 17.2. The highest BCUT2D eigenvalue weighted by atomic mass is 32.1. The summed E-state index contributed by atoms with van der Waals surface area (Å²) in [6.07, 6.45) is 1.92. The Morgan fingerprint density at radius 3 is 2.00 bits per heavy atom. The fraction of sp³-hybridized carbons (Fsp3) is 0.0323. The number of nitrogens with one attached hydrogen (secondary N) is 1. The van der Waals surface area contributed by atoms with Gasteiger partial charge in [0.1, 0.15) is 5.01 Å². The average molecular weight is 473 g/mol. The highest BCUT2D eigenvalue weighted by Crippen LogP contribution is 2.33. The molecule has 170 valence electrons. The third-order valence-electron chi connectivity index (χ3n) is 5.67. The average Bonchev–Trinajstić information content (AvgIpc) is 3.31. The Bertz CT molecular complexity index is 1460. The van der Waals surface area contributed by atoms with Crippen LogP contribution in [0.4, 0.5) is 5.69 Å². The van der Waals surface area contributed by atoms with E-state index < -0.39 is 0 Å². The predicted molar refractivity (Wildman–Crippen MR) is 147 cm³/mol. The highest BCUT2D eigenvalue weighted by Gasteiger charge is 2.14. The van der Waals surface area contributed by atoms with Gasteiger partial charge in [0.05, 0.1) is 5.69 Å². The van der Waals surface area contributed by atoms with Gasteiger partial charge in [-0.25, -0.2) is 4.98 Å². The van der Waals surface area contributed by atoms with E-state index in [1.54, 1.807) is 11.3 Å². The number of aryl methyl sites for hydroxylation is 1. The van der Waals surface area contributed by atoms with E-state index >= 15 is 0 Å². The van der Waals surface area contributed by atoms with Crippen molar-refractivity contribution in [1.82, 2.24) is 4.98 Å². The van der Waals surface area contributed by atoms with Crippen molar-refractivity contribution in [3.63, 3.8) is 0 Å². The highest BCUT2D eigenvalue weighted by molar-refractivity contribution is 7.15. The third-order valence-corrected chi connectivity index (χ3v) is 6.69. The van der Waals surface area contributed by atoms with Crippen LogP contribution in [-0.2, 0) is 4.79 Å². The van der Waals surface area contributed by atoms with Crippen molar-refractivity contribution in [3.8, 4) is 21.8 Å². The minimum Gasteiger partial charge on any atom is -0.322 e. The number of thiazole rings is 1. The van der Waals surface area contributed by atoms with Crippen LogP contribution >= 0.6 is 11.3 Å². The van der Waals surface area contributed by atoms with Gasteiger partial charge < -0.3 is 5.32 Å². The molecule has 0 fully saturated rings. The number of amides is 1. The topological polar surface area (TPSA) is 42.0 Å². The summed E-state index contributed by atoms with van der Waals surface area (Å²) >= 11 is 1.69. The van der Waals surface area contributed by atoms with Gasteiger partial charge in [0.2, 0.25) is 0 Å². The molecule has 1 N–H and O–H groups in total. The van der Waals surface area contributed by atoms with Crippen LogP contribution in [0.1, 0.15) is 16.0 Å². The summed E-state index contributed by atoms with van der Waals surface area (Å²) in [7, 11) is 0. The third kappa shape index (κ3) is 5.29. The normalized spacial score (nSPS) is 11.3. The van der Waals surface area contributed by atoms with E-state index in [0.29, 0.717) is 5.57 Å². The van der Waals surface area contributed by atoms with E-state index in [4.69, 9.17) is 4.98 Å². The molecule has 0 unspecified atom stereocenters. The first-order valence-corrected chi connectivity index (χ1v) is 12.3. The van der Waals surface area contributed by atoms with Gasteiger partial charge in [-0.05, 0) is 36.3 Å². The lowest BCUT2D eigenvalue weighted by Crippen LogP contribution is -2.13. The molecule has 0 saturated heterocycles. The first kappa shape index (κ1) is 22.5. The number of nitrogens with zero attached hydrogens (tertiary/aromatic N) is 1. The summed E-state index contributed by atoms with van der Waals surface area (Å²) in [5.41, 5.74) is 6.33. The summed E-state index contributed by atoms with van der Waals surface area (Å²) in [5.74, 6) is -0.149. The summed E-state index contributed by atoms with van der Waals surface area (Å²) in [5, 5.41) is 4.07. The molecule has 5 aromatic rings. The number of hydrogen-bond acceptors (Lipinski definition) is 3. The molecule has 5 rings (SSSR count). The molecule has 0 aliphatic carbocycles. The van der Waals surface area contributed by atoms with E-state index in [9.17, 15) is 4.79 Å². The van der Waals surface area contributed by atoms with Gasteiger partial charge in [0, 0.05) is 27.3 Å². The molecule has 0 saturated carbocycles. The second kappa shape index (κ2) is 10.3. The Balaban J connectivity index is 1.38. The molecule has 0 bridgehead atoms. The Morgan fingerprint density at radius 1 is 0.743 bits per heavy atom. The summed E-state index contributed by atoms with van der Waals surface area (Å²) in [6, 6.07) is 37.7. The maximum Gasteiger partial charge on any atom is 0.256 e. The van der Waals surface area contributed by atoms with Crippen LogP contribution < -0.4 is 5.32 Å². The van der Waals surface area contributed by atoms with Crippen molar-refractivity contribution in [2.24, 2.45) is 0 Å². The van der Waals surface area contributed by atoms with E-state index in [1.165, 1.54) is 0 Å². The smallest absolute Gasteiger partial charge is 0.256 e. The lowest BCUT2D eigenvalue weighted by atomic mass is 10.0. The van der Waals surface area contributed by atoms with Crippen molar-refractivity contribution in [2.75, 3.05) is 5.32 Å². The molecule has 1 heterocycles. The van der Waals surface area contributed by atoms with Crippen LogP contribution in [0.3, 0.4) is 0 Å². The molecule has 0 aliphatic heterocycles. The predicted octanol–water partition coefficient (Wildman–Crippen LogP) is 7.96. The number of carbonyl (C=O) groups is 1. The van der Waals surface area contributed by atoms with Gasteiger partial charge in [-0.3, -0.25) is 4.79 Å². The molecule has 0 radical (unpaired) electrons. The molecule has 1 amide bonds. The van der Waals surface area contributed by atoms with Crippen LogP contribution in [0.15, 0.2) is 115 Å². The standard InChI is InChI=1S/C31H24N2OS/c1-22-29(33-31(35-22)26-15-9-4-10-16-26)25-17-19-27(20-18-25)32-30(34)28(24-13-7-3-8-14-24)21-23-11-5-2-6-12-23/h2-21H,1H3,(H,32,34)/b28-21-. The molecule has 35 heavy (non-hydrogen) atoms. The molecular formula is C31H24N2OS. The van der Waals surface area contributed by atoms with Crippen LogP contribution in [0.2, 0.25) is 0 Å². The largest absolute Gasteiger partial charge is 0.322 e. The number of hydrogen-bond donors (Lipinski definition) is 1. The second-order valence-electron chi connectivity index (χ2n) is 8.16. The Kier molecular flexibility index (Phi) is 6.64. The molecule has 4 heteroatoms. The number of carbonyl (C=O) groups excluding carboxylic acids is 1. The molecular weight excluding hydrogens is 448 g/mol. The SMILES string of the molecule is Cc1sc(-c2ccccc2)nc1-c1ccc(NC(=O)/C(=C\c2ccccc2)c2ccccc2)cc1. The zero-order valence-electron chi connectivity index (χ0n) is 19.3. The Morgan fingerprint density at radius 2 is 1.34 bits per heavy atom. The molecule has 1 aromatic heterocycles. The molecule has 4 aromatic carbocycles. The molecule has 0 atom stereocenters. The van der Waals surface area contributed by atoms with Crippen molar-refractivity contribution in [2.45, 2.75) is 6.92 Å². The maximum atomic E-state index is 13.3. The van der Waals surface area contributed by atoms with E-state index in [1.807, 2.05) is 109 Å². The number of anilines is 1. The van der Waals surface area contributed by atoms with Gasteiger partial charge in [-0.2, -0.15) is 0 Å². The lowest BCUT2D eigenvalue weighted by Gasteiger charge is -2.10. The fourth-order valence-electron chi connectivity index (χ4n) is 3.89. The van der Waals surface area contributed by atoms with E-state index in [0.717, 1.165) is 43.5 Å². The van der Waals surface area contributed by atoms with Crippen LogP contribution in [0, 0.1) is 6.92 Å². The Labute approximate surface area is 209 Å². The van der Waals surface area contributed by atoms with Gasteiger partial charge in [-0.15, -0.1) is 11.3 Å². The quantitative estimate of drug-likeness (QED) is 0.201. The fourth-order valence-corrected chi connectivity index (χ4v) is 4.83. The zero-order chi connectivity index (χ0) is 24.0. The molecule has 3 nitrogen and oxygen atoms in total. The van der Waals surface area contributed by atoms with Crippen molar-refractivity contribution in [1.29, 1.82) is 0 Å². The first-order valence-electron chi connectivity index (χ1n) is 11.4. The van der Waals surface area contributed by atoms with Crippen molar-refractivity contribution >= 4 is 34.6 Å². The second-order valence-corrected chi connectivity index (χ2v) is 9.36. The number of aromatic nitrogens is 1. The monoisotopic (exact) mass is 472 g/mol. The Hall–Kier alpha value is -4.28. The van der Waals surface area contributed by atoms with Gasteiger partial charge >= 0.3 is 0 Å². The van der Waals surface area contributed by atoms with Gasteiger partial charge in [0.25, 0.3) is 5.91 Å². The summed E-state index contributed by atoms with van der Waals surface area (Å²) in [6.45, 7) is 2.09. The molecule has 0 spiro atoms. The molecule has 0 aliphatic rings. The summed E-state index contributed by atoms with van der Waals surface area (Å²) in [4.78, 5) is 19.3. The minimum absolute atomic E-state index is 0.149.